The minimum Gasteiger partial charge on any atom is -0.494 e. The van der Waals surface area contributed by atoms with Crippen LogP contribution in [-0.4, -0.2) is 44.3 Å². The van der Waals surface area contributed by atoms with E-state index >= 15 is 0 Å². The average Bonchev–Trinajstić information content (AvgIpc) is 3.27. The summed E-state index contributed by atoms with van der Waals surface area (Å²) in [5, 5.41) is 5.65. The van der Waals surface area contributed by atoms with E-state index in [1.165, 1.54) is 0 Å². The molecule has 0 aliphatic carbocycles. The molecule has 0 bridgehead atoms. The van der Waals surface area contributed by atoms with E-state index in [0.717, 1.165) is 25.2 Å². The van der Waals surface area contributed by atoms with Crippen molar-refractivity contribution in [3.63, 3.8) is 0 Å². The van der Waals surface area contributed by atoms with Crippen LogP contribution in [-0.2, 0) is 14.3 Å². The zero-order valence-corrected chi connectivity index (χ0v) is 17.2. The molecule has 2 amide bonds. The molecule has 0 aromatic heterocycles. The Balaban J connectivity index is 1.40. The largest absolute Gasteiger partial charge is 0.494 e. The molecule has 2 aromatic rings. The van der Waals surface area contributed by atoms with Gasteiger partial charge in [-0.1, -0.05) is 0 Å². The third-order valence-electron chi connectivity index (χ3n) is 4.66. The van der Waals surface area contributed by atoms with E-state index < -0.39 is 0 Å². The van der Waals surface area contributed by atoms with Crippen molar-refractivity contribution in [3.8, 4) is 5.75 Å². The summed E-state index contributed by atoms with van der Waals surface area (Å²) in [7, 11) is 0. The Kier molecular flexibility index (Phi) is 8.23. The summed E-state index contributed by atoms with van der Waals surface area (Å²) < 4.78 is 16.4. The fraction of sp³-hybridized carbons (Fsp3) is 0.391. The number of benzene rings is 2. The zero-order valence-electron chi connectivity index (χ0n) is 17.2. The standard InChI is InChI=1S/C23H28N2O5/c1-2-29-20-11-9-19(10-12-20)25-23(27)17-5-7-18(8-6-17)24-22(26)13-15-28-16-21-4-3-14-30-21/h5-12,21H,2-4,13-16H2,1H3,(H,24,26)(H,25,27). The molecule has 1 heterocycles. The lowest BCUT2D eigenvalue weighted by molar-refractivity contribution is -0.117. The number of nitrogens with one attached hydrogen (secondary N) is 2. The van der Waals surface area contributed by atoms with Crippen LogP contribution in [0.4, 0.5) is 11.4 Å². The number of carbonyl (C=O) groups is 2. The van der Waals surface area contributed by atoms with Crippen LogP contribution in [0.1, 0.15) is 36.5 Å². The van der Waals surface area contributed by atoms with Gasteiger partial charge in [0.25, 0.3) is 5.91 Å². The summed E-state index contributed by atoms with van der Waals surface area (Å²) in [5.41, 5.74) is 1.82. The number of carbonyl (C=O) groups excluding carboxylic acids is 2. The molecule has 1 saturated heterocycles. The van der Waals surface area contributed by atoms with Crippen LogP contribution >= 0.6 is 0 Å². The highest BCUT2D eigenvalue weighted by atomic mass is 16.5. The lowest BCUT2D eigenvalue weighted by atomic mass is 10.2. The highest BCUT2D eigenvalue weighted by molar-refractivity contribution is 6.04. The Morgan fingerprint density at radius 1 is 1.03 bits per heavy atom. The Labute approximate surface area is 176 Å². The molecular formula is C23H28N2O5. The first-order chi connectivity index (χ1) is 14.6. The van der Waals surface area contributed by atoms with Crippen LogP contribution in [0, 0.1) is 0 Å². The second-order valence-electron chi connectivity index (χ2n) is 7.00. The molecule has 7 nitrogen and oxygen atoms in total. The van der Waals surface area contributed by atoms with Gasteiger partial charge in [0.1, 0.15) is 5.75 Å². The number of amides is 2. The van der Waals surface area contributed by atoms with Gasteiger partial charge in [0.15, 0.2) is 0 Å². The SMILES string of the molecule is CCOc1ccc(NC(=O)c2ccc(NC(=O)CCOCC3CCCO3)cc2)cc1. The molecule has 3 rings (SSSR count). The number of hydrogen-bond donors (Lipinski definition) is 2. The van der Waals surface area contributed by atoms with E-state index in [1.54, 1.807) is 36.4 Å². The van der Waals surface area contributed by atoms with Crippen LogP contribution in [0.2, 0.25) is 0 Å². The lowest BCUT2D eigenvalue weighted by Crippen LogP contribution is -2.18. The average molecular weight is 412 g/mol. The summed E-state index contributed by atoms with van der Waals surface area (Å²) in [6.07, 6.45) is 2.52. The monoisotopic (exact) mass is 412 g/mol. The quantitative estimate of drug-likeness (QED) is 0.579. The van der Waals surface area contributed by atoms with Gasteiger partial charge in [0.2, 0.25) is 5.91 Å². The predicted octanol–water partition coefficient (Wildman–Crippen LogP) is 3.86. The molecule has 0 spiro atoms. The molecule has 2 aromatic carbocycles. The van der Waals surface area contributed by atoms with E-state index in [9.17, 15) is 9.59 Å². The Hall–Kier alpha value is -2.90. The maximum atomic E-state index is 12.4. The van der Waals surface area contributed by atoms with Gasteiger partial charge in [-0.2, -0.15) is 0 Å². The maximum Gasteiger partial charge on any atom is 0.255 e. The normalized spacial score (nSPS) is 15.6. The van der Waals surface area contributed by atoms with Crippen LogP contribution in [0.25, 0.3) is 0 Å². The molecular weight excluding hydrogens is 384 g/mol. The van der Waals surface area contributed by atoms with Crippen molar-refractivity contribution >= 4 is 23.2 Å². The van der Waals surface area contributed by atoms with Crippen LogP contribution < -0.4 is 15.4 Å². The Morgan fingerprint density at radius 2 is 1.73 bits per heavy atom. The van der Waals surface area contributed by atoms with Crippen LogP contribution in [0.3, 0.4) is 0 Å². The van der Waals surface area contributed by atoms with Crippen LogP contribution in [0.15, 0.2) is 48.5 Å². The highest BCUT2D eigenvalue weighted by Crippen LogP contribution is 2.17. The van der Waals surface area contributed by atoms with Crippen molar-refractivity contribution < 1.29 is 23.8 Å². The highest BCUT2D eigenvalue weighted by Gasteiger charge is 2.15. The minimum atomic E-state index is -0.223. The number of ether oxygens (including phenoxy) is 3. The van der Waals surface area contributed by atoms with E-state index in [4.69, 9.17) is 14.2 Å². The first kappa shape index (κ1) is 21.8. The zero-order chi connectivity index (χ0) is 21.2. The van der Waals surface area contributed by atoms with Crippen molar-refractivity contribution in [2.24, 2.45) is 0 Å². The van der Waals surface area contributed by atoms with Gasteiger partial charge >= 0.3 is 0 Å². The second-order valence-corrected chi connectivity index (χ2v) is 7.00. The molecule has 1 fully saturated rings. The van der Waals surface area contributed by atoms with Crippen molar-refractivity contribution in [1.82, 2.24) is 0 Å². The first-order valence-electron chi connectivity index (χ1n) is 10.3. The molecule has 7 heteroatoms. The van der Waals surface area contributed by atoms with Gasteiger partial charge in [0, 0.05) is 23.5 Å². The summed E-state index contributed by atoms with van der Waals surface area (Å²) in [5.74, 6) is 0.404. The second kappa shape index (κ2) is 11.3. The third-order valence-corrected chi connectivity index (χ3v) is 4.66. The van der Waals surface area contributed by atoms with E-state index in [-0.39, 0.29) is 24.3 Å². The summed E-state index contributed by atoms with van der Waals surface area (Å²) in [4.78, 5) is 24.4. The maximum absolute atomic E-state index is 12.4. The van der Waals surface area contributed by atoms with Crippen molar-refractivity contribution in [2.75, 3.05) is 37.1 Å². The van der Waals surface area contributed by atoms with Crippen molar-refractivity contribution in [2.45, 2.75) is 32.3 Å². The fourth-order valence-electron chi connectivity index (χ4n) is 3.09. The van der Waals surface area contributed by atoms with Gasteiger partial charge in [-0.15, -0.1) is 0 Å². The molecule has 0 radical (unpaired) electrons. The Bertz CT molecular complexity index is 814. The smallest absolute Gasteiger partial charge is 0.255 e. The fourth-order valence-corrected chi connectivity index (χ4v) is 3.09. The molecule has 1 aliphatic rings. The summed E-state index contributed by atoms with van der Waals surface area (Å²) in [6, 6.07) is 14.0. The number of hydrogen-bond acceptors (Lipinski definition) is 5. The topological polar surface area (TPSA) is 85.9 Å². The van der Waals surface area contributed by atoms with E-state index in [0.29, 0.717) is 36.8 Å². The lowest BCUT2D eigenvalue weighted by Gasteiger charge is -2.10. The van der Waals surface area contributed by atoms with Gasteiger partial charge in [-0.25, -0.2) is 0 Å². The molecule has 1 unspecified atom stereocenters. The molecule has 1 aliphatic heterocycles. The minimum absolute atomic E-state index is 0.131. The summed E-state index contributed by atoms with van der Waals surface area (Å²) >= 11 is 0. The van der Waals surface area contributed by atoms with E-state index in [1.807, 2.05) is 19.1 Å². The van der Waals surface area contributed by atoms with Gasteiger partial charge in [-0.3, -0.25) is 9.59 Å². The van der Waals surface area contributed by atoms with Crippen molar-refractivity contribution in [3.05, 3.63) is 54.1 Å². The first-order valence-corrected chi connectivity index (χ1v) is 10.3. The summed E-state index contributed by atoms with van der Waals surface area (Å²) in [6.45, 7) is 4.20. The molecule has 160 valence electrons. The van der Waals surface area contributed by atoms with Gasteiger partial charge in [0.05, 0.1) is 32.3 Å². The van der Waals surface area contributed by atoms with Gasteiger partial charge in [-0.05, 0) is 68.3 Å². The predicted molar refractivity (Wildman–Crippen MR) is 115 cm³/mol. The molecule has 0 saturated carbocycles. The van der Waals surface area contributed by atoms with Gasteiger partial charge < -0.3 is 24.8 Å². The van der Waals surface area contributed by atoms with E-state index in [2.05, 4.69) is 10.6 Å². The van der Waals surface area contributed by atoms with Crippen LogP contribution in [0.5, 0.6) is 5.75 Å². The molecule has 2 N–H and O–H groups in total. The Morgan fingerprint density at radius 3 is 2.40 bits per heavy atom. The molecule has 30 heavy (non-hydrogen) atoms. The third kappa shape index (κ3) is 6.86. The molecule has 1 atom stereocenters. The van der Waals surface area contributed by atoms with Crippen molar-refractivity contribution in [1.29, 1.82) is 0 Å². The number of rotatable bonds is 10. The number of anilines is 2.